The van der Waals surface area contributed by atoms with E-state index in [0.717, 1.165) is 5.69 Å². The van der Waals surface area contributed by atoms with Crippen molar-refractivity contribution in [2.45, 2.75) is 25.7 Å². The van der Waals surface area contributed by atoms with E-state index in [4.69, 9.17) is 0 Å². The Morgan fingerprint density at radius 1 is 1.17 bits per heavy atom. The highest BCUT2D eigenvalue weighted by molar-refractivity contribution is 7.89. The molecule has 0 aromatic carbocycles. The van der Waals surface area contributed by atoms with Gasteiger partial charge >= 0.3 is 0 Å². The van der Waals surface area contributed by atoms with Gasteiger partial charge < -0.3 is 0 Å². The van der Waals surface area contributed by atoms with E-state index in [9.17, 15) is 8.42 Å². The summed E-state index contributed by atoms with van der Waals surface area (Å²) in [7, 11) is -3.49. The maximum atomic E-state index is 12.4. The third-order valence-electron chi connectivity index (χ3n) is 3.45. The molecule has 2 aromatic heterocycles. The second kappa shape index (κ2) is 7.98. The lowest BCUT2D eigenvalue weighted by atomic mass is 10.3. The Kier molecular flexibility index (Phi) is 5.99. The van der Waals surface area contributed by atoms with E-state index in [-0.39, 0.29) is 4.90 Å². The summed E-state index contributed by atoms with van der Waals surface area (Å²) < 4.78 is 26.2. The number of sulfonamides is 1. The van der Waals surface area contributed by atoms with Crippen LogP contribution in [0.1, 0.15) is 26.5 Å². The van der Waals surface area contributed by atoms with E-state index < -0.39 is 10.0 Å². The fraction of sp³-hybridized carbons (Fsp3) is 0.312. The zero-order chi connectivity index (χ0) is 17.6. The summed E-state index contributed by atoms with van der Waals surface area (Å²) in [6.45, 7) is 6.28. The van der Waals surface area contributed by atoms with Crippen molar-refractivity contribution in [3.05, 3.63) is 48.4 Å². The molecule has 0 spiro atoms. The molecule has 2 aromatic rings. The minimum atomic E-state index is -3.49. The molecular formula is C16H21N5O2S. The van der Waals surface area contributed by atoms with E-state index in [1.54, 1.807) is 26.1 Å². The van der Waals surface area contributed by atoms with Gasteiger partial charge in [0.05, 0.1) is 11.4 Å². The number of hydrogen-bond donors (Lipinski definition) is 1. The average molecular weight is 347 g/mol. The van der Waals surface area contributed by atoms with Gasteiger partial charge in [0.2, 0.25) is 10.0 Å². The van der Waals surface area contributed by atoms with Crippen LogP contribution in [0.3, 0.4) is 0 Å². The second-order valence-corrected chi connectivity index (χ2v) is 6.93. The number of nitrogens with one attached hydrogen (secondary N) is 1. The number of pyridine rings is 2. The van der Waals surface area contributed by atoms with E-state index >= 15 is 0 Å². The normalized spacial score (nSPS) is 12.4. The van der Waals surface area contributed by atoms with Gasteiger partial charge in [-0.15, -0.1) is 0 Å². The number of nitrogens with zero attached hydrogens (tertiary/aromatic N) is 4. The van der Waals surface area contributed by atoms with Gasteiger partial charge in [0.15, 0.2) is 0 Å². The molecule has 0 fully saturated rings. The Labute approximate surface area is 142 Å². The highest BCUT2D eigenvalue weighted by atomic mass is 32.2. The predicted octanol–water partition coefficient (Wildman–Crippen LogP) is 2.34. The average Bonchev–Trinajstić information content (AvgIpc) is 2.61. The topological polar surface area (TPSA) is 87.5 Å². The molecule has 7 nitrogen and oxygen atoms in total. The third kappa shape index (κ3) is 4.15. The van der Waals surface area contributed by atoms with E-state index in [0.29, 0.717) is 24.6 Å². The fourth-order valence-corrected chi connectivity index (χ4v) is 3.49. The first-order valence-electron chi connectivity index (χ1n) is 7.67. The fourth-order valence-electron chi connectivity index (χ4n) is 2.09. The SMILES string of the molecule is CCN(CC)S(=O)(=O)c1ccc(NN=C(C)c2ccccn2)nc1. The molecular weight excluding hydrogens is 326 g/mol. The van der Waals surface area contributed by atoms with E-state index in [2.05, 4.69) is 20.5 Å². The summed E-state index contributed by atoms with van der Waals surface area (Å²) >= 11 is 0. The lowest BCUT2D eigenvalue weighted by Crippen LogP contribution is -2.30. The standard InChI is InChI=1S/C16H21N5O2S/c1-4-21(5-2)24(22,23)14-9-10-16(18-12-14)20-19-13(3)15-8-6-7-11-17-15/h6-12H,4-5H2,1-3H3,(H,18,20). The lowest BCUT2D eigenvalue weighted by molar-refractivity contribution is 0.445. The van der Waals surface area contributed by atoms with Gasteiger partial charge in [-0.2, -0.15) is 9.41 Å². The van der Waals surface area contributed by atoms with Crippen LogP contribution in [0.15, 0.2) is 52.7 Å². The summed E-state index contributed by atoms with van der Waals surface area (Å²) in [4.78, 5) is 8.49. The maximum absolute atomic E-state index is 12.4. The van der Waals surface area contributed by atoms with Crippen molar-refractivity contribution in [3.63, 3.8) is 0 Å². The third-order valence-corrected chi connectivity index (χ3v) is 5.49. The number of anilines is 1. The Hall–Kier alpha value is -2.32. The van der Waals surface area contributed by atoms with Crippen LogP contribution in [-0.2, 0) is 10.0 Å². The zero-order valence-corrected chi connectivity index (χ0v) is 14.8. The van der Waals surface area contributed by atoms with Gasteiger partial charge in [-0.1, -0.05) is 19.9 Å². The van der Waals surface area contributed by atoms with Gasteiger partial charge in [0.25, 0.3) is 0 Å². The van der Waals surface area contributed by atoms with Gasteiger partial charge in [0, 0.05) is 25.5 Å². The molecule has 2 heterocycles. The largest absolute Gasteiger partial charge is 0.261 e. The van der Waals surface area contributed by atoms with Crippen LogP contribution in [0.4, 0.5) is 5.82 Å². The lowest BCUT2D eigenvalue weighted by Gasteiger charge is -2.18. The summed E-state index contributed by atoms with van der Waals surface area (Å²) in [6.07, 6.45) is 3.03. The molecule has 2 rings (SSSR count). The smallest absolute Gasteiger partial charge is 0.244 e. The molecule has 0 atom stereocenters. The first-order valence-corrected chi connectivity index (χ1v) is 9.11. The molecule has 8 heteroatoms. The van der Waals surface area contributed by atoms with Crippen molar-refractivity contribution < 1.29 is 8.42 Å². The molecule has 0 saturated carbocycles. The van der Waals surface area contributed by atoms with Gasteiger partial charge in [-0.3, -0.25) is 10.4 Å². The monoisotopic (exact) mass is 347 g/mol. The van der Waals surface area contributed by atoms with Gasteiger partial charge in [-0.05, 0) is 31.2 Å². The van der Waals surface area contributed by atoms with E-state index in [1.807, 2.05) is 25.1 Å². The Balaban J connectivity index is 2.13. The maximum Gasteiger partial charge on any atom is 0.244 e. The second-order valence-electron chi connectivity index (χ2n) is 4.99. The summed E-state index contributed by atoms with van der Waals surface area (Å²) in [5.74, 6) is 0.462. The van der Waals surface area contributed by atoms with Gasteiger partial charge in [-0.25, -0.2) is 13.4 Å². The van der Waals surface area contributed by atoms with Crippen LogP contribution in [0.2, 0.25) is 0 Å². The Bertz CT molecular complexity index is 785. The van der Waals surface area contributed by atoms with Crippen LogP contribution >= 0.6 is 0 Å². The Morgan fingerprint density at radius 2 is 1.92 bits per heavy atom. The molecule has 24 heavy (non-hydrogen) atoms. The summed E-state index contributed by atoms with van der Waals surface area (Å²) in [6, 6.07) is 8.68. The number of hydrazone groups is 1. The first-order chi connectivity index (χ1) is 11.5. The minimum Gasteiger partial charge on any atom is -0.261 e. The van der Waals surface area contributed by atoms with Crippen LogP contribution in [0, 0.1) is 0 Å². The number of aromatic nitrogens is 2. The van der Waals surface area contributed by atoms with Crippen LogP contribution in [0.5, 0.6) is 0 Å². The molecule has 1 N–H and O–H groups in total. The molecule has 0 bridgehead atoms. The van der Waals surface area contributed by atoms with E-state index in [1.165, 1.54) is 16.6 Å². The van der Waals surface area contributed by atoms with Crippen molar-refractivity contribution >= 4 is 21.6 Å². The quantitative estimate of drug-likeness (QED) is 0.613. The van der Waals surface area contributed by atoms with Crippen molar-refractivity contribution in [2.24, 2.45) is 5.10 Å². The molecule has 0 amide bonds. The van der Waals surface area contributed by atoms with Crippen molar-refractivity contribution in [3.8, 4) is 0 Å². The molecule has 0 aliphatic heterocycles. The van der Waals surface area contributed by atoms with Crippen LogP contribution in [-0.4, -0.2) is 41.5 Å². The minimum absolute atomic E-state index is 0.169. The summed E-state index contributed by atoms with van der Waals surface area (Å²) in [5, 5.41) is 4.21. The molecule has 0 aliphatic rings. The highest BCUT2D eigenvalue weighted by Crippen LogP contribution is 2.16. The molecule has 0 aliphatic carbocycles. The predicted molar refractivity (Wildman–Crippen MR) is 94.4 cm³/mol. The van der Waals surface area contributed by atoms with Gasteiger partial charge in [0.1, 0.15) is 10.7 Å². The Morgan fingerprint density at radius 3 is 2.46 bits per heavy atom. The molecule has 0 saturated heterocycles. The highest BCUT2D eigenvalue weighted by Gasteiger charge is 2.21. The van der Waals surface area contributed by atoms with Crippen molar-refractivity contribution in [1.82, 2.24) is 14.3 Å². The zero-order valence-electron chi connectivity index (χ0n) is 14.0. The van der Waals surface area contributed by atoms with Crippen LogP contribution < -0.4 is 5.43 Å². The first kappa shape index (κ1) is 18.0. The number of rotatable bonds is 7. The molecule has 0 unspecified atom stereocenters. The van der Waals surface area contributed by atoms with Crippen molar-refractivity contribution in [2.75, 3.05) is 18.5 Å². The number of hydrogen-bond acceptors (Lipinski definition) is 6. The molecule has 0 radical (unpaired) electrons. The molecule has 128 valence electrons. The van der Waals surface area contributed by atoms with Crippen LogP contribution in [0.25, 0.3) is 0 Å². The summed E-state index contributed by atoms with van der Waals surface area (Å²) in [5.41, 5.74) is 4.27. The van der Waals surface area contributed by atoms with Crippen molar-refractivity contribution in [1.29, 1.82) is 0 Å².